The molecule has 2 rings (SSSR count). The van der Waals surface area contributed by atoms with Crippen molar-refractivity contribution in [3.8, 4) is 0 Å². The minimum Gasteiger partial charge on any atom is -0.423 e. The maximum atomic E-state index is 11.1. The molecule has 1 aromatic carbocycles. The van der Waals surface area contributed by atoms with Gasteiger partial charge in [-0.25, -0.2) is 4.79 Å². The van der Waals surface area contributed by atoms with Crippen LogP contribution in [0.5, 0.6) is 0 Å². The quantitative estimate of drug-likeness (QED) is 0.664. The van der Waals surface area contributed by atoms with Gasteiger partial charge in [-0.05, 0) is 42.2 Å². The fourth-order valence-electron chi connectivity index (χ4n) is 1.87. The number of hydrogen-bond donors (Lipinski definition) is 0. The summed E-state index contributed by atoms with van der Waals surface area (Å²) in [5, 5.41) is 0.983. The second-order valence-corrected chi connectivity index (χ2v) is 4.16. The minimum atomic E-state index is -0.291. The van der Waals surface area contributed by atoms with Crippen LogP contribution in [0.4, 0.5) is 0 Å². The standard InChI is InChI=1S/C13H14O2/c1-8(2)11-7-12-10(6-9(11)3)4-5-13(14)15-12/h4-8H,1-3H3. The second-order valence-electron chi connectivity index (χ2n) is 4.16. The first-order valence-electron chi connectivity index (χ1n) is 5.12. The second kappa shape index (κ2) is 3.54. The van der Waals surface area contributed by atoms with Crippen LogP contribution in [0, 0.1) is 6.92 Å². The summed E-state index contributed by atoms with van der Waals surface area (Å²) in [4.78, 5) is 11.1. The highest BCUT2D eigenvalue weighted by Crippen LogP contribution is 2.24. The highest BCUT2D eigenvalue weighted by Gasteiger charge is 2.06. The van der Waals surface area contributed by atoms with Crippen LogP contribution in [-0.2, 0) is 0 Å². The third kappa shape index (κ3) is 1.80. The van der Waals surface area contributed by atoms with E-state index in [1.165, 1.54) is 17.2 Å². The van der Waals surface area contributed by atoms with Crippen LogP contribution in [0.25, 0.3) is 11.0 Å². The van der Waals surface area contributed by atoms with Crippen LogP contribution in [0.3, 0.4) is 0 Å². The van der Waals surface area contributed by atoms with E-state index in [-0.39, 0.29) is 5.63 Å². The molecule has 0 saturated heterocycles. The first kappa shape index (κ1) is 9.97. The summed E-state index contributed by atoms with van der Waals surface area (Å²) in [6.07, 6.45) is 0. The molecule has 1 aromatic heterocycles. The molecule has 0 unspecified atom stereocenters. The summed E-state index contributed by atoms with van der Waals surface area (Å²) < 4.78 is 5.15. The molecular formula is C13H14O2. The lowest BCUT2D eigenvalue weighted by molar-refractivity contribution is 0.560. The first-order chi connectivity index (χ1) is 7.08. The topological polar surface area (TPSA) is 30.2 Å². The summed E-state index contributed by atoms with van der Waals surface area (Å²) in [5.74, 6) is 0.444. The minimum absolute atomic E-state index is 0.291. The molecule has 0 N–H and O–H groups in total. The van der Waals surface area contributed by atoms with Crippen molar-refractivity contribution in [2.45, 2.75) is 26.7 Å². The van der Waals surface area contributed by atoms with Crippen LogP contribution < -0.4 is 5.63 Å². The molecule has 1 heterocycles. The Balaban J connectivity index is 2.77. The van der Waals surface area contributed by atoms with E-state index in [4.69, 9.17) is 4.42 Å². The SMILES string of the molecule is Cc1cc2ccc(=O)oc2cc1C(C)C. The summed E-state index contributed by atoms with van der Waals surface area (Å²) in [6.45, 7) is 6.35. The summed E-state index contributed by atoms with van der Waals surface area (Å²) in [5.41, 5.74) is 2.86. The van der Waals surface area contributed by atoms with E-state index in [2.05, 4.69) is 26.8 Å². The summed E-state index contributed by atoms with van der Waals surface area (Å²) >= 11 is 0. The Labute approximate surface area is 88.5 Å². The largest absolute Gasteiger partial charge is 0.423 e. The fraction of sp³-hybridized carbons (Fsp3) is 0.308. The fourth-order valence-corrected chi connectivity index (χ4v) is 1.87. The van der Waals surface area contributed by atoms with Crippen molar-refractivity contribution in [2.75, 3.05) is 0 Å². The zero-order valence-electron chi connectivity index (χ0n) is 9.20. The van der Waals surface area contributed by atoms with E-state index in [1.807, 2.05) is 6.07 Å². The van der Waals surface area contributed by atoms with Gasteiger partial charge in [-0.2, -0.15) is 0 Å². The zero-order chi connectivity index (χ0) is 11.0. The van der Waals surface area contributed by atoms with Crippen molar-refractivity contribution in [3.63, 3.8) is 0 Å². The molecule has 0 aliphatic carbocycles. The van der Waals surface area contributed by atoms with E-state index >= 15 is 0 Å². The van der Waals surface area contributed by atoms with Crippen LogP contribution in [0.15, 0.2) is 33.5 Å². The highest BCUT2D eigenvalue weighted by molar-refractivity contribution is 5.78. The van der Waals surface area contributed by atoms with Crippen LogP contribution in [0.2, 0.25) is 0 Å². The van der Waals surface area contributed by atoms with E-state index < -0.39 is 0 Å². The van der Waals surface area contributed by atoms with Crippen molar-refractivity contribution in [3.05, 3.63) is 45.8 Å². The normalized spacial score (nSPS) is 11.2. The van der Waals surface area contributed by atoms with Gasteiger partial charge in [-0.1, -0.05) is 13.8 Å². The van der Waals surface area contributed by atoms with E-state index in [0.29, 0.717) is 11.5 Å². The lowest BCUT2D eigenvalue weighted by Gasteiger charge is -2.10. The molecule has 2 aromatic rings. The van der Waals surface area contributed by atoms with Gasteiger partial charge >= 0.3 is 5.63 Å². The molecule has 2 heteroatoms. The molecule has 0 atom stereocenters. The van der Waals surface area contributed by atoms with Gasteiger partial charge < -0.3 is 4.42 Å². The Bertz CT molecular complexity index is 550. The van der Waals surface area contributed by atoms with Gasteiger partial charge in [0.2, 0.25) is 0 Å². The molecule has 0 saturated carbocycles. The molecule has 2 nitrogen and oxygen atoms in total. The Hall–Kier alpha value is -1.57. The summed E-state index contributed by atoms with van der Waals surface area (Å²) in [6, 6.07) is 7.29. The van der Waals surface area contributed by atoms with Crippen LogP contribution in [-0.4, -0.2) is 0 Å². The van der Waals surface area contributed by atoms with Gasteiger partial charge in [0.25, 0.3) is 0 Å². The Morgan fingerprint density at radius 3 is 2.60 bits per heavy atom. The molecule has 0 spiro atoms. The number of fused-ring (bicyclic) bond motifs is 1. The van der Waals surface area contributed by atoms with E-state index in [0.717, 1.165) is 5.39 Å². The highest BCUT2D eigenvalue weighted by atomic mass is 16.4. The molecule has 0 bridgehead atoms. The van der Waals surface area contributed by atoms with Crippen molar-refractivity contribution in [1.29, 1.82) is 0 Å². The third-order valence-corrected chi connectivity index (χ3v) is 2.63. The monoisotopic (exact) mass is 202 g/mol. The number of benzene rings is 1. The molecule has 78 valence electrons. The van der Waals surface area contributed by atoms with Gasteiger partial charge in [0.1, 0.15) is 5.58 Å². The third-order valence-electron chi connectivity index (χ3n) is 2.63. The van der Waals surface area contributed by atoms with Crippen molar-refractivity contribution in [1.82, 2.24) is 0 Å². The van der Waals surface area contributed by atoms with Crippen molar-refractivity contribution >= 4 is 11.0 Å². The number of aryl methyl sites for hydroxylation is 1. The zero-order valence-corrected chi connectivity index (χ0v) is 9.20. The maximum Gasteiger partial charge on any atom is 0.336 e. The predicted octanol–water partition coefficient (Wildman–Crippen LogP) is 3.22. The van der Waals surface area contributed by atoms with Crippen molar-refractivity contribution in [2.24, 2.45) is 0 Å². The lowest BCUT2D eigenvalue weighted by atomic mass is 9.96. The Kier molecular flexibility index (Phi) is 2.35. The number of rotatable bonds is 1. The molecule has 0 radical (unpaired) electrons. The van der Waals surface area contributed by atoms with Gasteiger partial charge in [0.15, 0.2) is 0 Å². The molecule has 0 fully saturated rings. The van der Waals surface area contributed by atoms with Gasteiger partial charge in [-0.15, -0.1) is 0 Å². The molecule has 0 aliphatic rings. The Morgan fingerprint density at radius 1 is 1.20 bits per heavy atom. The average molecular weight is 202 g/mol. The molecular weight excluding hydrogens is 188 g/mol. The van der Waals surface area contributed by atoms with E-state index in [1.54, 1.807) is 6.07 Å². The predicted molar refractivity (Wildman–Crippen MR) is 61.3 cm³/mol. The molecule has 15 heavy (non-hydrogen) atoms. The van der Waals surface area contributed by atoms with Crippen LogP contribution in [0.1, 0.15) is 30.9 Å². The lowest BCUT2D eigenvalue weighted by Crippen LogP contribution is -1.97. The number of hydrogen-bond acceptors (Lipinski definition) is 2. The van der Waals surface area contributed by atoms with Crippen molar-refractivity contribution < 1.29 is 4.42 Å². The van der Waals surface area contributed by atoms with Crippen LogP contribution >= 0.6 is 0 Å². The van der Waals surface area contributed by atoms with E-state index in [9.17, 15) is 4.79 Å². The molecule has 0 aliphatic heterocycles. The Morgan fingerprint density at radius 2 is 1.93 bits per heavy atom. The van der Waals surface area contributed by atoms with Gasteiger partial charge in [-0.3, -0.25) is 0 Å². The summed E-state index contributed by atoms with van der Waals surface area (Å²) in [7, 11) is 0. The maximum absolute atomic E-state index is 11.1. The van der Waals surface area contributed by atoms with Gasteiger partial charge in [0.05, 0.1) is 0 Å². The average Bonchev–Trinajstić information content (AvgIpc) is 2.17. The smallest absolute Gasteiger partial charge is 0.336 e. The molecule has 0 amide bonds. The first-order valence-corrected chi connectivity index (χ1v) is 5.12. The van der Waals surface area contributed by atoms with Gasteiger partial charge in [0, 0.05) is 11.5 Å².